The van der Waals surface area contributed by atoms with Gasteiger partial charge in [0.05, 0.1) is 11.5 Å². The summed E-state index contributed by atoms with van der Waals surface area (Å²) in [6, 6.07) is 11.1. The number of carbonyl (C=O) groups excluding carboxylic acids is 1. The van der Waals surface area contributed by atoms with Gasteiger partial charge in [-0.1, -0.05) is 35.3 Å². The van der Waals surface area contributed by atoms with E-state index in [9.17, 15) is 14.9 Å². The molecule has 3 aromatic rings. The van der Waals surface area contributed by atoms with Crippen LogP contribution in [0.3, 0.4) is 0 Å². The molecule has 0 aliphatic rings. The van der Waals surface area contributed by atoms with Crippen LogP contribution in [0, 0.1) is 17.0 Å². The van der Waals surface area contributed by atoms with Gasteiger partial charge in [0.25, 0.3) is 11.6 Å². The van der Waals surface area contributed by atoms with Crippen LogP contribution in [0.25, 0.3) is 0 Å². The summed E-state index contributed by atoms with van der Waals surface area (Å²) in [5.41, 5.74) is 1.27. The number of nitro groups is 1. The number of nitro benzene ring substituents is 1. The predicted octanol–water partition coefficient (Wildman–Crippen LogP) is 4.71. The van der Waals surface area contributed by atoms with Crippen LogP contribution in [0.2, 0.25) is 10.0 Å². The van der Waals surface area contributed by atoms with E-state index in [4.69, 9.17) is 23.2 Å². The summed E-state index contributed by atoms with van der Waals surface area (Å²) in [4.78, 5) is 22.9. The minimum absolute atomic E-state index is 0.110. The molecule has 138 valence electrons. The molecule has 0 saturated heterocycles. The van der Waals surface area contributed by atoms with E-state index in [1.807, 2.05) is 0 Å². The van der Waals surface area contributed by atoms with Gasteiger partial charge in [0.1, 0.15) is 0 Å². The standard InChI is InChI=1S/C18H14Cl2N4O3/c1-11-5-6-12(9-16(11)24(26)27)18(25)21-17-7-8-23(22-17)10-13-14(19)3-2-4-15(13)20/h2-9H,10H2,1H3,(H,21,22,25). The van der Waals surface area contributed by atoms with Crippen LogP contribution in [0.4, 0.5) is 11.5 Å². The second kappa shape index (κ2) is 7.77. The maximum Gasteiger partial charge on any atom is 0.273 e. The Morgan fingerprint density at radius 2 is 1.93 bits per heavy atom. The molecule has 9 heteroatoms. The van der Waals surface area contributed by atoms with E-state index < -0.39 is 10.8 Å². The summed E-state index contributed by atoms with van der Waals surface area (Å²) in [7, 11) is 0. The number of benzene rings is 2. The molecule has 0 saturated carbocycles. The topological polar surface area (TPSA) is 90.1 Å². The van der Waals surface area contributed by atoms with Crippen molar-refractivity contribution in [2.24, 2.45) is 0 Å². The highest BCUT2D eigenvalue weighted by Gasteiger charge is 2.16. The Balaban J connectivity index is 1.75. The molecule has 0 unspecified atom stereocenters. The first-order valence-corrected chi connectivity index (χ1v) is 8.63. The van der Waals surface area contributed by atoms with Gasteiger partial charge in [-0.05, 0) is 25.1 Å². The van der Waals surface area contributed by atoms with Crippen molar-refractivity contribution in [3.8, 4) is 0 Å². The number of hydrogen-bond acceptors (Lipinski definition) is 4. The fourth-order valence-electron chi connectivity index (χ4n) is 2.50. The molecule has 0 bridgehead atoms. The van der Waals surface area contributed by atoms with Gasteiger partial charge in [-0.3, -0.25) is 19.6 Å². The quantitative estimate of drug-likeness (QED) is 0.492. The number of anilines is 1. The van der Waals surface area contributed by atoms with Crippen LogP contribution in [0.5, 0.6) is 0 Å². The first kappa shape index (κ1) is 18.9. The molecule has 0 radical (unpaired) electrons. The van der Waals surface area contributed by atoms with Crippen LogP contribution in [0.15, 0.2) is 48.7 Å². The van der Waals surface area contributed by atoms with Gasteiger partial charge in [-0.15, -0.1) is 0 Å². The number of halogens is 2. The van der Waals surface area contributed by atoms with E-state index in [0.717, 1.165) is 5.56 Å². The molecule has 0 atom stereocenters. The molecular formula is C18H14Cl2N4O3. The third-order valence-electron chi connectivity index (χ3n) is 3.93. The van der Waals surface area contributed by atoms with E-state index in [1.165, 1.54) is 18.2 Å². The van der Waals surface area contributed by atoms with E-state index in [0.29, 0.717) is 28.0 Å². The second-order valence-electron chi connectivity index (χ2n) is 5.81. The van der Waals surface area contributed by atoms with Crippen molar-refractivity contribution in [3.63, 3.8) is 0 Å². The maximum atomic E-state index is 12.4. The molecule has 0 spiro atoms. The number of rotatable bonds is 5. The Morgan fingerprint density at radius 3 is 2.59 bits per heavy atom. The summed E-state index contributed by atoms with van der Waals surface area (Å²) >= 11 is 12.3. The third-order valence-corrected chi connectivity index (χ3v) is 4.64. The largest absolute Gasteiger partial charge is 0.305 e. The highest BCUT2D eigenvalue weighted by molar-refractivity contribution is 6.35. The fourth-order valence-corrected chi connectivity index (χ4v) is 3.01. The minimum Gasteiger partial charge on any atom is -0.305 e. The van der Waals surface area contributed by atoms with Crippen molar-refractivity contribution < 1.29 is 9.72 Å². The number of aryl methyl sites for hydroxylation is 1. The molecule has 7 nitrogen and oxygen atoms in total. The molecule has 0 fully saturated rings. The van der Waals surface area contributed by atoms with Gasteiger partial charge in [-0.2, -0.15) is 5.10 Å². The highest BCUT2D eigenvalue weighted by atomic mass is 35.5. The zero-order chi connectivity index (χ0) is 19.6. The lowest BCUT2D eigenvalue weighted by Crippen LogP contribution is -2.13. The maximum absolute atomic E-state index is 12.4. The molecule has 1 N–H and O–H groups in total. The van der Waals surface area contributed by atoms with Crippen molar-refractivity contribution in [2.75, 3.05) is 5.32 Å². The lowest BCUT2D eigenvalue weighted by atomic mass is 10.1. The molecule has 27 heavy (non-hydrogen) atoms. The van der Waals surface area contributed by atoms with Crippen LogP contribution >= 0.6 is 23.2 Å². The van der Waals surface area contributed by atoms with Crippen LogP contribution in [0.1, 0.15) is 21.5 Å². The van der Waals surface area contributed by atoms with Gasteiger partial charge in [0.2, 0.25) is 0 Å². The molecule has 0 aliphatic heterocycles. The summed E-state index contributed by atoms with van der Waals surface area (Å²) in [6.45, 7) is 1.95. The van der Waals surface area contributed by atoms with Crippen molar-refractivity contribution >= 4 is 40.6 Å². The average Bonchev–Trinajstić information content (AvgIpc) is 3.05. The Kier molecular flexibility index (Phi) is 5.43. The Labute approximate surface area is 164 Å². The van der Waals surface area contributed by atoms with Crippen molar-refractivity contribution in [2.45, 2.75) is 13.5 Å². The number of nitrogens with zero attached hydrogens (tertiary/aromatic N) is 3. The first-order valence-electron chi connectivity index (χ1n) is 7.88. The van der Waals surface area contributed by atoms with Gasteiger partial charge in [-0.25, -0.2) is 0 Å². The predicted molar refractivity (Wildman–Crippen MR) is 104 cm³/mol. The smallest absolute Gasteiger partial charge is 0.273 e. The van der Waals surface area contributed by atoms with E-state index in [-0.39, 0.29) is 11.3 Å². The number of aromatic nitrogens is 2. The van der Waals surface area contributed by atoms with Gasteiger partial charge in [0, 0.05) is 45.1 Å². The summed E-state index contributed by atoms with van der Waals surface area (Å²) < 4.78 is 1.58. The summed E-state index contributed by atoms with van der Waals surface area (Å²) in [5.74, 6) is -0.175. The van der Waals surface area contributed by atoms with Gasteiger partial charge >= 0.3 is 0 Å². The fraction of sp³-hybridized carbons (Fsp3) is 0.111. The Bertz CT molecular complexity index is 1010. The number of carbonyl (C=O) groups is 1. The Morgan fingerprint density at radius 1 is 1.22 bits per heavy atom. The van der Waals surface area contributed by atoms with Crippen molar-refractivity contribution in [1.82, 2.24) is 9.78 Å². The van der Waals surface area contributed by atoms with E-state index >= 15 is 0 Å². The summed E-state index contributed by atoms with van der Waals surface area (Å²) in [5, 5.41) is 19.0. The molecule has 1 aromatic heterocycles. The highest BCUT2D eigenvalue weighted by Crippen LogP contribution is 2.25. The molecule has 1 amide bonds. The van der Waals surface area contributed by atoms with Crippen molar-refractivity contribution in [3.05, 3.63) is 85.5 Å². The number of hydrogen-bond donors (Lipinski definition) is 1. The average molecular weight is 405 g/mol. The van der Waals surface area contributed by atoms with E-state index in [2.05, 4.69) is 10.4 Å². The van der Waals surface area contributed by atoms with Gasteiger partial charge in [0.15, 0.2) is 5.82 Å². The Hall–Kier alpha value is -2.90. The van der Waals surface area contributed by atoms with Gasteiger partial charge < -0.3 is 5.32 Å². The molecule has 1 heterocycles. The number of nitrogens with one attached hydrogen (secondary N) is 1. The lowest BCUT2D eigenvalue weighted by molar-refractivity contribution is -0.385. The molecular weight excluding hydrogens is 391 g/mol. The monoisotopic (exact) mass is 404 g/mol. The summed E-state index contributed by atoms with van der Waals surface area (Å²) in [6.07, 6.45) is 1.67. The normalized spacial score (nSPS) is 10.6. The number of amides is 1. The third kappa shape index (κ3) is 4.27. The SMILES string of the molecule is Cc1ccc(C(=O)Nc2ccn(Cc3c(Cl)cccc3Cl)n2)cc1[N+](=O)[O-]. The zero-order valence-corrected chi connectivity index (χ0v) is 15.7. The van der Waals surface area contributed by atoms with Crippen molar-refractivity contribution in [1.29, 1.82) is 0 Å². The minimum atomic E-state index is -0.520. The van der Waals surface area contributed by atoms with Crippen LogP contribution in [-0.2, 0) is 6.54 Å². The molecule has 0 aliphatic carbocycles. The first-order chi connectivity index (χ1) is 12.8. The lowest BCUT2D eigenvalue weighted by Gasteiger charge is -2.07. The van der Waals surface area contributed by atoms with Crippen LogP contribution < -0.4 is 5.32 Å². The molecule has 3 rings (SSSR count). The van der Waals surface area contributed by atoms with E-state index in [1.54, 1.807) is 42.1 Å². The van der Waals surface area contributed by atoms with Crippen LogP contribution in [-0.4, -0.2) is 20.6 Å². The molecule has 2 aromatic carbocycles. The zero-order valence-electron chi connectivity index (χ0n) is 14.1. The second-order valence-corrected chi connectivity index (χ2v) is 6.63.